The summed E-state index contributed by atoms with van der Waals surface area (Å²) in [5.41, 5.74) is 9.98. The average molecular weight is 307 g/mol. The standard InChI is InChI=1S/C19H21N3O/c1-13-7-4-5-10-17(13)22-16(12-21-20-3)11-15-9-6-8-14(2)18(15)19(22)23/h4-11,20-21H,12H2,1-3H3. The normalized spacial score (nSPS) is 11.1. The van der Waals surface area contributed by atoms with Gasteiger partial charge in [-0.2, -0.15) is 0 Å². The molecule has 4 nitrogen and oxygen atoms in total. The number of aromatic nitrogens is 1. The van der Waals surface area contributed by atoms with Crippen molar-refractivity contribution >= 4 is 10.8 Å². The van der Waals surface area contributed by atoms with Crippen LogP contribution in [0.1, 0.15) is 16.8 Å². The zero-order chi connectivity index (χ0) is 16.4. The van der Waals surface area contributed by atoms with Gasteiger partial charge in [0.25, 0.3) is 5.56 Å². The van der Waals surface area contributed by atoms with Gasteiger partial charge in [-0.3, -0.25) is 20.2 Å². The van der Waals surface area contributed by atoms with Crippen molar-refractivity contribution in [2.45, 2.75) is 20.4 Å². The highest BCUT2D eigenvalue weighted by atomic mass is 16.1. The van der Waals surface area contributed by atoms with Crippen LogP contribution in [0.4, 0.5) is 0 Å². The first-order chi connectivity index (χ1) is 11.1. The van der Waals surface area contributed by atoms with Crippen LogP contribution in [0.25, 0.3) is 16.5 Å². The molecule has 0 bridgehead atoms. The van der Waals surface area contributed by atoms with Crippen LogP contribution in [-0.2, 0) is 6.54 Å². The van der Waals surface area contributed by atoms with Crippen molar-refractivity contribution in [3.05, 3.63) is 75.7 Å². The summed E-state index contributed by atoms with van der Waals surface area (Å²) in [6.45, 7) is 4.57. The minimum atomic E-state index is 0.0304. The van der Waals surface area contributed by atoms with E-state index in [2.05, 4.69) is 16.9 Å². The van der Waals surface area contributed by atoms with Gasteiger partial charge in [-0.15, -0.1) is 0 Å². The number of nitrogens with zero attached hydrogens (tertiary/aromatic N) is 1. The third kappa shape index (κ3) is 2.79. The Morgan fingerprint density at radius 3 is 2.48 bits per heavy atom. The molecule has 0 spiro atoms. The van der Waals surface area contributed by atoms with E-state index in [1.165, 1.54) is 0 Å². The fraction of sp³-hybridized carbons (Fsp3) is 0.211. The molecule has 0 unspecified atom stereocenters. The van der Waals surface area contributed by atoms with E-state index in [-0.39, 0.29) is 5.56 Å². The smallest absolute Gasteiger partial charge is 0.263 e. The summed E-state index contributed by atoms with van der Waals surface area (Å²) in [5.74, 6) is 0. The lowest BCUT2D eigenvalue weighted by Crippen LogP contribution is -2.31. The number of aryl methyl sites for hydroxylation is 2. The van der Waals surface area contributed by atoms with Crippen LogP contribution in [0.2, 0.25) is 0 Å². The van der Waals surface area contributed by atoms with Gasteiger partial charge in [0, 0.05) is 5.69 Å². The molecule has 1 aromatic heterocycles. The van der Waals surface area contributed by atoms with Crippen LogP contribution in [0, 0.1) is 13.8 Å². The fourth-order valence-electron chi connectivity index (χ4n) is 2.98. The number of rotatable bonds is 4. The minimum Gasteiger partial charge on any atom is -0.279 e. The Morgan fingerprint density at radius 2 is 1.74 bits per heavy atom. The first-order valence-corrected chi connectivity index (χ1v) is 7.73. The zero-order valence-electron chi connectivity index (χ0n) is 13.7. The maximum atomic E-state index is 13.2. The van der Waals surface area contributed by atoms with E-state index < -0.39 is 0 Å². The van der Waals surface area contributed by atoms with E-state index in [0.717, 1.165) is 33.3 Å². The van der Waals surface area contributed by atoms with E-state index in [4.69, 9.17) is 0 Å². The molecule has 23 heavy (non-hydrogen) atoms. The predicted octanol–water partition coefficient (Wildman–Crippen LogP) is 2.83. The Morgan fingerprint density at radius 1 is 1.00 bits per heavy atom. The summed E-state index contributed by atoms with van der Waals surface area (Å²) >= 11 is 0. The molecular formula is C19H21N3O. The maximum absolute atomic E-state index is 13.2. The highest BCUT2D eigenvalue weighted by Crippen LogP contribution is 2.20. The summed E-state index contributed by atoms with van der Waals surface area (Å²) in [6.07, 6.45) is 0. The molecule has 0 saturated heterocycles. The second-order valence-electron chi connectivity index (χ2n) is 5.71. The van der Waals surface area contributed by atoms with Crippen molar-refractivity contribution in [1.82, 2.24) is 15.4 Å². The lowest BCUT2D eigenvalue weighted by Gasteiger charge is -2.17. The fourth-order valence-corrected chi connectivity index (χ4v) is 2.98. The zero-order valence-corrected chi connectivity index (χ0v) is 13.7. The predicted molar refractivity (Wildman–Crippen MR) is 94.9 cm³/mol. The van der Waals surface area contributed by atoms with Gasteiger partial charge in [-0.1, -0.05) is 36.4 Å². The van der Waals surface area contributed by atoms with E-state index in [9.17, 15) is 4.79 Å². The Labute approximate surface area is 135 Å². The van der Waals surface area contributed by atoms with Crippen molar-refractivity contribution < 1.29 is 0 Å². The van der Waals surface area contributed by atoms with Gasteiger partial charge in [0.05, 0.1) is 17.6 Å². The first kappa shape index (κ1) is 15.5. The van der Waals surface area contributed by atoms with Crippen LogP contribution in [0.5, 0.6) is 0 Å². The number of hydrazine groups is 1. The van der Waals surface area contributed by atoms with Gasteiger partial charge in [0.1, 0.15) is 0 Å². The molecule has 2 N–H and O–H groups in total. The number of nitrogens with one attached hydrogen (secondary N) is 2. The van der Waals surface area contributed by atoms with E-state index in [1.807, 2.05) is 67.9 Å². The summed E-state index contributed by atoms with van der Waals surface area (Å²) in [6, 6.07) is 16.0. The van der Waals surface area contributed by atoms with Crippen molar-refractivity contribution in [3.8, 4) is 5.69 Å². The topological polar surface area (TPSA) is 46.1 Å². The largest absolute Gasteiger partial charge is 0.279 e. The molecule has 0 aliphatic rings. The van der Waals surface area contributed by atoms with Crippen molar-refractivity contribution in [1.29, 1.82) is 0 Å². The molecule has 0 saturated carbocycles. The van der Waals surface area contributed by atoms with Gasteiger partial charge in [0.15, 0.2) is 0 Å². The summed E-state index contributed by atoms with van der Waals surface area (Å²) in [4.78, 5) is 13.2. The van der Waals surface area contributed by atoms with Gasteiger partial charge < -0.3 is 0 Å². The molecule has 0 aliphatic heterocycles. The van der Waals surface area contributed by atoms with E-state index in [1.54, 1.807) is 0 Å². The van der Waals surface area contributed by atoms with Gasteiger partial charge >= 0.3 is 0 Å². The molecule has 0 aliphatic carbocycles. The Hall–Kier alpha value is -2.43. The summed E-state index contributed by atoms with van der Waals surface area (Å²) in [7, 11) is 1.82. The van der Waals surface area contributed by atoms with Crippen LogP contribution < -0.4 is 16.4 Å². The molecule has 0 fully saturated rings. The third-order valence-electron chi connectivity index (χ3n) is 4.13. The lowest BCUT2D eigenvalue weighted by molar-refractivity contribution is 0.579. The molecule has 4 heteroatoms. The van der Waals surface area contributed by atoms with Crippen LogP contribution in [0.3, 0.4) is 0 Å². The Bertz CT molecular complexity index is 912. The summed E-state index contributed by atoms with van der Waals surface area (Å²) in [5, 5.41) is 1.76. The van der Waals surface area contributed by atoms with E-state index in [0.29, 0.717) is 6.54 Å². The maximum Gasteiger partial charge on any atom is 0.263 e. The molecule has 0 radical (unpaired) electrons. The quantitative estimate of drug-likeness (QED) is 0.729. The lowest BCUT2D eigenvalue weighted by atomic mass is 10.1. The molecule has 1 heterocycles. The average Bonchev–Trinajstić information content (AvgIpc) is 2.54. The molecular weight excluding hydrogens is 286 g/mol. The highest BCUT2D eigenvalue weighted by Gasteiger charge is 2.13. The van der Waals surface area contributed by atoms with Crippen LogP contribution in [0.15, 0.2) is 53.3 Å². The van der Waals surface area contributed by atoms with Crippen LogP contribution in [-0.4, -0.2) is 11.6 Å². The van der Waals surface area contributed by atoms with Gasteiger partial charge in [0.2, 0.25) is 0 Å². The number of hydrogen-bond acceptors (Lipinski definition) is 3. The number of fused-ring (bicyclic) bond motifs is 1. The van der Waals surface area contributed by atoms with Gasteiger partial charge in [-0.05, 0) is 49.5 Å². The van der Waals surface area contributed by atoms with Crippen molar-refractivity contribution in [2.24, 2.45) is 0 Å². The SMILES string of the molecule is CNNCc1cc2cccc(C)c2c(=O)n1-c1ccccc1C. The molecule has 3 aromatic rings. The van der Waals surface area contributed by atoms with Crippen molar-refractivity contribution in [3.63, 3.8) is 0 Å². The molecule has 0 amide bonds. The Balaban J connectivity index is 2.37. The third-order valence-corrected chi connectivity index (χ3v) is 4.13. The molecule has 2 aromatic carbocycles. The second-order valence-corrected chi connectivity index (χ2v) is 5.71. The molecule has 3 rings (SSSR count). The van der Waals surface area contributed by atoms with Crippen LogP contribution >= 0.6 is 0 Å². The molecule has 0 atom stereocenters. The second kappa shape index (κ2) is 6.36. The minimum absolute atomic E-state index is 0.0304. The molecule has 118 valence electrons. The monoisotopic (exact) mass is 307 g/mol. The Kier molecular flexibility index (Phi) is 4.28. The van der Waals surface area contributed by atoms with E-state index >= 15 is 0 Å². The number of benzene rings is 2. The van der Waals surface area contributed by atoms with Crippen molar-refractivity contribution in [2.75, 3.05) is 7.05 Å². The van der Waals surface area contributed by atoms with Gasteiger partial charge in [-0.25, -0.2) is 0 Å². The number of pyridine rings is 1. The number of para-hydroxylation sites is 1. The highest BCUT2D eigenvalue weighted by molar-refractivity contribution is 5.85. The first-order valence-electron chi connectivity index (χ1n) is 7.73. The number of hydrogen-bond donors (Lipinski definition) is 2. The summed E-state index contributed by atoms with van der Waals surface area (Å²) < 4.78 is 1.81.